The van der Waals surface area contributed by atoms with Crippen LogP contribution in [0.5, 0.6) is 0 Å². The second kappa shape index (κ2) is 9.50. The molecule has 9 nitrogen and oxygen atoms in total. The molecule has 0 aromatic carbocycles. The predicted octanol–water partition coefficient (Wildman–Crippen LogP) is 1.91. The summed E-state index contributed by atoms with van der Waals surface area (Å²) in [6.07, 6.45) is 5.76. The van der Waals surface area contributed by atoms with Gasteiger partial charge in [-0.2, -0.15) is 5.06 Å². The Morgan fingerprint density at radius 3 is 2.50 bits per heavy atom. The predicted molar refractivity (Wildman–Crippen MR) is 136 cm³/mol. The minimum atomic E-state index is -1.27. The Kier molecular flexibility index (Phi) is 6.78. The summed E-state index contributed by atoms with van der Waals surface area (Å²) in [5.74, 6) is 1.11. The third-order valence-electron chi connectivity index (χ3n) is 12.3. The molecule has 5 fully saturated rings. The number of hydrogen-bond donors (Lipinski definition) is 4. The molecular formula is C29H45NO8. The molecule has 0 aromatic heterocycles. The van der Waals surface area contributed by atoms with Crippen molar-refractivity contribution in [1.29, 1.82) is 0 Å². The molecule has 6 rings (SSSR count). The first-order chi connectivity index (χ1) is 18.0. The van der Waals surface area contributed by atoms with Gasteiger partial charge in [0.05, 0.1) is 19.3 Å². The molecule has 0 radical (unpaired) electrons. The van der Waals surface area contributed by atoms with Crippen molar-refractivity contribution in [3.63, 3.8) is 0 Å². The number of nitrogens with zero attached hydrogens (tertiary/aromatic N) is 1. The second-order valence-corrected chi connectivity index (χ2v) is 13.5. The quantitative estimate of drug-likeness (QED) is 0.315. The van der Waals surface area contributed by atoms with Crippen LogP contribution in [0.15, 0.2) is 11.6 Å². The van der Waals surface area contributed by atoms with E-state index in [9.17, 15) is 25.2 Å². The van der Waals surface area contributed by atoms with E-state index in [1.165, 1.54) is 0 Å². The number of esters is 1. The highest BCUT2D eigenvalue weighted by atomic mass is 16.7. The second-order valence-electron chi connectivity index (χ2n) is 13.5. The van der Waals surface area contributed by atoms with Gasteiger partial charge in [0.25, 0.3) is 0 Å². The third-order valence-corrected chi connectivity index (χ3v) is 12.3. The Bertz CT molecular complexity index is 974. The fourth-order valence-corrected chi connectivity index (χ4v) is 10.1. The zero-order valence-electron chi connectivity index (χ0n) is 22.9. The molecule has 4 aliphatic carbocycles. The van der Waals surface area contributed by atoms with E-state index in [2.05, 4.69) is 13.8 Å². The van der Waals surface area contributed by atoms with Crippen LogP contribution in [0, 0.1) is 34.5 Å². The van der Waals surface area contributed by atoms with E-state index in [1.54, 1.807) is 18.2 Å². The molecule has 4 N–H and O–H groups in total. The Morgan fingerprint density at radius 1 is 1.00 bits per heavy atom. The summed E-state index contributed by atoms with van der Waals surface area (Å²) in [5.41, 5.74) is 0.215. The molecule has 0 spiro atoms. The van der Waals surface area contributed by atoms with Crippen molar-refractivity contribution < 1.29 is 39.5 Å². The number of aliphatic hydroxyl groups excluding tert-OH is 3. The van der Waals surface area contributed by atoms with Crippen molar-refractivity contribution in [1.82, 2.24) is 5.06 Å². The van der Waals surface area contributed by atoms with Gasteiger partial charge >= 0.3 is 5.97 Å². The van der Waals surface area contributed by atoms with Crippen LogP contribution in [0.1, 0.15) is 71.6 Å². The topological polar surface area (TPSA) is 129 Å². The van der Waals surface area contributed by atoms with Crippen molar-refractivity contribution in [2.75, 3.05) is 20.3 Å². The molecule has 38 heavy (non-hydrogen) atoms. The highest BCUT2D eigenvalue weighted by molar-refractivity contribution is 5.85. The Balaban J connectivity index is 1.19. The molecule has 0 bridgehead atoms. The molecule has 2 heterocycles. The lowest BCUT2D eigenvalue weighted by Gasteiger charge is -2.64. The van der Waals surface area contributed by atoms with Gasteiger partial charge in [-0.15, -0.1) is 0 Å². The van der Waals surface area contributed by atoms with Gasteiger partial charge in [0.15, 0.2) is 6.23 Å². The summed E-state index contributed by atoms with van der Waals surface area (Å²) in [5, 5.41) is 44.9. The molecule has 9 heteroatoms. The van der Waals surface area contributed by atoms with Crippen LogP contribution in [0.25, 0.3) is 0 Å². The summed E-state index contributed by atoms with van der Waals surface area (Å²) in [7, 11) is 1.57. The van der Waals surface area contributed by atoms with Crippen molar-refractivity contribution in [2.45, 2.75) is 108 Å². The number of fused-ring (bicyclic) bond motifs is 5. The first-order valence-corrected chi connectivity index (χ1v) is 14.6. The fourth-order valence-electron chi connectivity index (χ4n) is 10.1. The maximum absolute atomic E-state index is 12.4. The molecule has 2 aliphatic heterocycles. The number of carbonyl (C=O) groups is 1. The number of carbonyl (C=O) groups excluding carboxylic acids is 1. The highest BCUT2D eigenvalue weighted by Crippen LogP contribution is 2.70. The van der Waals surface area contributed by atoms with Gasteiger partial charge in [-0.25, -0.2) is 4.79 Å². The number of hydrogen-bond acceptors (Lipinski definition) is 9. The molecule has 4 unspecified atom stereocenters. The zero-order valence-corrected chi connectivity index (χ0v) is 22.9. The van der Waals surface area contributed by atoms with Crippen LogP contribution in [0.2, 0.25) is 0 Å². The van der Waals surface area contributed by atoms with Gasteiger partial charge < -0.3 is 29.9 Å². The fraction of sp³-hybridized carbons (Fsp3) is 0.897. The molecular weight excluding hydrogens is 490 g/mol. The van der Waals surface area contributed by atoms with E-state index >= 15 is 0 Å². The Morgan fingerprint density at radius 2 is 1.79 bits per heavy atom. The molecule has 4 saturated carbocycles. The minimum Gasteiger partial charge on any atom is -0.458 e. The number of ether oxygens (including phenoxy) is 2. The van der Waals surface area contributed by atoms with Crippen LogP contribution in [-0.4, -0.2) is 88.0 Å². The molecule has 0 amide bonds. The van der Waals surface area contributed by atoms with Crippen molar-refractivity contribution in [2.24, 2.45) is 34.5 Å². The first kappa shape index (κ1) is 27.1. The Labute approximate surface area is 225 Å². The SMILES string of the molecule is CON(C1OC[C@@H](O)[C@H](O)[C@@H]1O)[C@H]1CC[C@@]2(C)C(CCC3C2CC[C@]2(C)[C@@H](C4=CC(=O)OC4)CC[C@]32O)C1. The summed E-state index contributed by atoms with van der Waals surface area (Å²) in [4.78, 5) is 17.5. The molecule has 12 atom stereocenters. The van der Waals surface area contributed by atoms with Crippen LogP contribution in [0.4, 0.5) is 0 Å². The van der Waals surface area contributed by atoms with Crippen molar-refractivity contribution >= 4 is 5.97 Å². The molecule has 214 valence electrons. The van der Waals surface area contributed by atoms with Gasteiger partial charge in [0, 0.05) is 17.5 Å². The third kappa shape index (κ3) is 3.80. The Hall–Kier alpha value is -1.07. The van der Waals surface area contributed by atoms with Gasteiger partial charge in [0.1, 0.15) is 24.9 Å². The van der Waals surface area contributed by atoms with Crippen molar-refractivity contribution in [3.8, 4) is 0 Å². The van der Waals surface area contributed by atoms with E-state index in [1.807, 2.05) is 0 Å². The van der Waals surface area contributed by atoms with Gasteiger partial charge in [-0.3, -0.25) is 4.84 Å². The summed E-state index contributed by atoms with van der Waals surface area (Å²) < 4.78 is 11.0. The first-order valence-electron chi connectivity index (χ1n) is 14.6. The van der Waals surface area contributed by atoms with Crippen LogP contribution < -0.4 is 0 Å². The lowest BCUT2D eigenvalue weighted by Crippen LogP contribution is -2.64. The number of aliphatic hydroxyl groups is 4. The summed E-state index contributed by atoms with van der Waals surface area (Å²) in [6, 6.07) is 0.0383. The maximum atomic E-state index is 12.4. The van der Waals surface area contributed by atoms with Crippen molar-refractivity contribution in [3.05, 3.63) is 11.6 Å². The van der Waals surface area contributed by atoms with E-state index in [4.69, 9.17) is 14.3 Å². The van der Waals surface area contributed by atoms with E-state index in [-0.39, 0.29) is 41.3 Å². The van der Waals surface area contributed by atoms with E-state index in [0.717, 1.165) is 63.4 Å². The van der Waals surface area contributed by atoms with Gasteiger partial charge in [-0.1, -0.05) is 13.8 Å². The smallest absolute Gasteiger partial charge is 0.331 e. The summed E-state index contributed by atoms with van der Waals surface area (Å²) in [6.45, 7) is 5.01. The number of hydroxylamine groups is 2. The van der Waals surface area contributed by atoms with E-state index in [0.29, 0.717) is 18.4 Å². The maximum Gasteiger partial charge on any atom is 0.331 e. The van der Waals surface area contributed by atoms with Crippen LogP contribution >= 0.6 is 0 Å². The lowest BCUT2D eigenvalue weighted by atomic mass is 9.43. The number of cyclic esters (lactones) is 1. The van der Waals surface area contributed by atoms with Gasteiger partial charge in [-0.05, 0) is 92.4 Å². The molecule has 0 aromatic rings. The van der Waals surface area contributed by atoms with Gasteiger partial charge in [0.2, 0.25) is 0 Å². The number of rotatable bonds is 4. The average Bonchev–Trinajstić information content (AvgIpc) is 3.44. The van der Waals surface area contributed by atoms with Crippen LogP contribution in [0.3, 0.4) is 0 Å². The normalized spacial score (nSPS) is 52.7. The standard InChI is InChI=1S/C29H45NO8/c1-27-9-6-18(30(36-3)26-25(34)24(33)22(31)15-38-26)13-17(27)4-5-21-20(27)7-10-28(2)19(8-11-29(21,28)35)16-12-23(32)37-14-16/h12,17-22,24-26,31,33-35H,4-11,13-15H2,1-3H3/t17?,18-,19+,20?,21?,22+,24-,25-,26?,27-,28+,29-/m0/s1. The molecule has 6 aliphatic rings. The molecule has 1 saturated heterocycles. The lowest BCUT2D eigenvalue weighted by molar-refractivity contribution is -0.326. The van der Waals surface area contributed by atoms with E-state index < -0.39 is 30.1 Å². The van der Waals surface area contributed by atoms with Crippen LogP contribution in [-0.2, 0) is 19.1 Å². The summed E-state index contributed by atoms with van der Waals surface area (Å²) >= 11 is 0. The largest absolute Gasteiger partial charge is 0.458 e. The minimum absolute atomic E-state index is 0.0383. The zero-order chi connectivity index (χ0) is 27.0. The highest BCUT2D eigenvalue weighted by Gasteiger charge is 2.68. The monoisotopic (exact) mass is 535 g/mol. The average molecular weight is 536 g/mol.